The number of thioether (sulfide) groups is 1. The minimum absolute atomic E-state index is 0.0442. The minimum Gasteiger partial charge on any atom is -0.493 e. The molecule has 1 aliphatic rings. The van der Waals surface area contributed by atoms with Crippen LogP contribution in [0, 0.1) is 0 Å². The van der Waals surface area contributed by atoms with E-state index < -0.39 is 5.97 Å². The Balaban J connectivity index is 2.29. The topological polar surface area (TPSA) is 76.1 Å². The molecule has 1 saturated heterocycles. The second-order valence-corrected chi connectivity index (χ2v) is 7.76. The molecule has 1 heterocycles. The van der Waals surface area contributed by atoms with Gasteiger partial charge in [-0.2, -0.15) is 0 Å². The molecule has 6 nitrogen and oxygen atoms in total. The zero-order valence-corrected chi connectivity index (χ0v) is 16.8. The number of methoxy groups -OCH3 is 1. The predicted octanol–water partition coefficient (Wildman–Crippen LogP) is 3.81. The van der Waals surface area contributed by atoms with Gasteiger partial charge in [-0.05, 0) is 37.6 Å². The van der Waals surface area contributed by atoms with Crippen molar-refractivity contribution in [3.63, 3.8) is 0 Å². The van der Waals surface area contributed by atoms with Crippen LogP contribution in [0.15, 0.2) is 17.0 Å². The maximum Gasteiger partial charge on any atom is 0.305 e. The van der Waals surface area contributed by atoms with Crippen LogP contribution in [0.3, 0.4) is 0 Å². The molecule has 0 spiro atoms. The van der Waals surface area contributed by atoms with Crippen molar-refractivity contribution < 1.29 is 24.2 Å². The van der Waals surface area contributed by atoms with Crippen molar-refractivity contribution in [3.05, 3.63) is 27.6 Å². The normalized spacial score (nSPS) is 15.9. The zero-order valence-electron chi connectivity index (χ0n) is 14.4. The number of carbonyl (C=O) groups is 2. The Morgan fingerprint density at radius 1 is 1.46 bits per heavy atom. The number of hydrogen-bond acceptors (Lipinski definition) is 6. The lowest BCUT2D eigenvalue weighted by molar-refractivity contribution is -0.137. The van der Waals surface area contributed by atoms with Crippen LogP contribution in [0.5, 0.6) is 11.5 Å². The van der Waals surface area contributed by atoms with Crippen molar-refractivity contribution in [2.45, 2.75) is 26.4 Å². The van der Waals surface area contributed by atoms with Crippen LogP contribution in [-0.4, -0.2) is 46.0 Å². The molecular weight excluding hydrogens is 398 g/mol. The number of ether oxygens (including phenoxy) is 2. The Morgan fingerprint density at radius 3 is 2.73 bits per heavy atom. The van der Waals surface area contributed by atoms with Crippen molar-refractivity contribution in [2.75, 3.05) is 13.7 Å². The molecule has 0 aliphatic carbocycles. The Kier molecular flexibility index (Phi) is 6.91. The van der Waals surface area contributed by atoms with Crippen LogP contribution in [0.2, 0.25) is 5.02 Å². The van der Waals surface area contributed by atoms with E-state index in [1.54, 1.807) is 18.2 Å². The van der Waals surface area contributed by atoms with Gasteiger partial charge in [0.05, 0.1) is 29.6 Å². The largest absolute Gasteiger partial charge is 0.493 e. The van der Waals surface area contributed by atoms with Gasteiger partial charge in [0.15, 0.2) is 11.5 Å². The van der Waals surface area contributed by atoms with Crippen LogP contribution >= 0.6 is 35.6 Å². The van der Waals surface area contributed by atoms with Gasteiger partial charge < -0.3 is 14.6 Å². The molecule has 0 unspecified atom stereocenters. The molecule has 26 heavy (non-hydrogen) atoms. The molecule has 140 valence electrons. The van der Waals surface area contributed by atoms with E-state index in [1.165, 1.54) is 12.0 Å². The maximum absolute atomic E-state index is 12.5. The van der Waals surface area contributed by atoms with Crippen LogP contribution < -0.4 is 9.47 Å². The first-order valence-electron chi connectivity index (χ1n) is 7.74. The lowest BCUT2D eigenvalue weighted by Gasteiger charge is -2.15. The summed E-state index contributed by atoms with van der Waals surface area (Å²) in [6.45, 7) is 3.81. The monoisotopic (exact) mass is 415 g/mol. The standard InChI is InChI=1S/C17H18ClNO5S2/c1-9(2)24-15-11(18)6-10(7-12(15)23-3)8-13-16(22)19(17(25)26-13)5-4-14(20)21/h6-9H,4-5H2,1-3H3,(H,20,21)/b13-8-. The quantitative estimate of drug-likeness (QED) is 0.536. The fourth-order valence-electron chi connectivity index (χ4n) is 2.22. The number of hydrogen-bond donors (Lipinski definition) is 1. The summed E-state index contributed by atoms with van der Waals surface area (Å²) in [5.74, 6) is -0.409. The minimum atomic E-state index is -0.986. The van der Waals surface area contributed by atoms with E-state index in [2.05, 4.69) is 0 Å². The number of nitrogens with zero attached hydrogens (tertiary/aromatic N) is 1. The number of halogens is 1. The van der Waals surface area contributed by atoms with Gasteiger partial charge in [0, 0.05) is 6.54 Å². The lowest BCUT2D eigenvalue weighted by atomic mass is 10.1. The Labute approximate surface area is 166 Å². The number of carboxylic acid groups (broad SMARTS) is 1. The number of aliphatic carboxylic acids is 1. The molecule has 1 amide bonds. The lowest BCUT2D eigenvalue weighted by Crippen LogP contribution is -2.30. The third-order valence-corrected chi connectivity index (χ3v) is 4.98. The highest BCUT2D eigenvalue weighted by molar-refractivity contribution is 8.26. The Bertz CT molecular complexity index is 779. The molecular formula is C17H18ClNO5S2. The van der Waals surface area contributed by atoms with Crippen molar-refractivity contribution in [3.8, 4) is 11.5 Å². The summed E-state index contributed by atoms with van der Waals surface area (Å²) in [5.41, 5.74) is 0.654. The molecule has 1 aliphatic heterocycles. The molecule has 2 rings (SSSR count). The fraction of sp³-hybridized carbons (Fsp3) is 0.353. The number of amides is 1. The zero-order chi connectivity index (χ0) is 19.4. The van der Waals surface area contributed by atoms with Crippen LogP contribution in [0.4, 0.5) is 0 Å². The van der Waals surface area contributed by atoms with E-state index in [1.807, 2.05) is 13.8 Å². The predicted molar refractivity (Wildman–Crippen MR) is 106 cm³/mol. The summed E-state index contributed by atoms with van der Waals surface area (Å²) in [6, 6.07) is 3.39. The first kappa shape index (κ1) is 20.5. The van der Waals surface area contributed by atoms with E-state index in [-0.39, 0.29) is 25.0 Å². The molecule has 1 N–H and O–H groups in total. The van der Waals surface area contributed by atoms with Crippen molar-refractivity contribution in [2.24, 2.45) is 0 Å². The highest BCUT2D eigenvalue weighted by Crippen LogP contribution is 2.39. The van der Waals surface area contributed by atoms with Gasteiger partial charge >= 0.3 is 5.97 Å². The first-order chi connectivity index (χ1) is 12.2. The van der Waals surface area contributed by atoms with E-state index in [9.17, 15) is 9.59 Å². The summed E-state index contributed by atoms with van der Waals surface area (Å²) >= 11 is 12.6. The third kappa shape index (κ3) is 4.90. The maximum atomic E-state index is 12.5. The smallest absolute Gasteiger partial charge is 0.305 e. The summed E-state index contributed by atoms with van der Waals surface area (Å²) in [4.78, 5) is 24.9. The summed E-state index contributed by atoms with van der Waals surface area (Å²) in [5, 5.41) is 9.15. The van der Waals surface area contributed by atoms with Gasteiger partial charge in [0.1, 0.15) is 4.32 Å². The highest BCUT2D eigenvalue weighted by atomic mass is 35.5. The molecule has 0 atom stereocenters. The molecule has 0 bridgehead atoms. The van der Waals surface area contributed by atoms with Gasteiger partial charge in [0.2, 0.25) is 0 Å². The molecule has 9 heteroatoms. The van der Waals surface area contributed by atoms with Crippen molar-refractivity contribution >= 4 is 57.9 Å². The van der Waals surface area contributed by atoms with Gasteiger partial charge in [-0.3, -0.25) is 14.5 Å². The molecule has 1 aromatic carbocycles. The summed E-state index contributed by atoms with van der Waals surface area (Å²) < 4.78 is 11.3. The van der Waals surface area contributed by atoms with Crippen LogP contribution in [0.25, 0.3) is 6.08 Å². The third-order valence-electron chi connectivity index (χ3n) is 3.33. The number of rotatable bonds is 7. The Hall–Kier alpha value is -1.77. The van der Waals surface area contributed by atoms with Gasteiger partial charge in [-0.25, -0.2) is 0 Å². The first-order valence-corrected chi connectivity index (χ1v) is 9.34. The number of benzene rings is 1. The highest BCUT2D eigenvalue weighted by Gasteiger charge is 2.32. The number of carbonyl (C=O) groups excluding carboxylic acids is 1. The summed E-state index contributed by atoms with van der Waals surface area (Å²) in [7, 11) is 1.51. The van der Waals surface area contributed by atoms with Gasteiger partial charge in [-0.15, -0.1) is 0 Å². The molecule has 1 fully saturated rings. The van der Waals surface area contributed by atoms with E-state index in [0.29, 0.717) is 31.3 Å². The second kappa shape index (κ2) is 8.75. The molecule has 0 aromatic heterocycles. The SMILES string of the molecule is COc1cc(/C=C2\SC(=S)N(CCC(=O)O)C2=O)cc(Cl)c1OC(C)C. The van der Waals surface area contributed by atoms with E-state index in [0.717, 1.165) is 11.8 Å². The van der Waals surface area contributed by atoms with Crippen LogP contribution in [-0.2, 0) is 9.59 Å². The van der Waals surface area contributed by atoms with Crippen molar-refractivity contribution in [1.82, 2.24) is 4.90 Å². The average Bonchev–Trinajstić information content (AvgIpc) is 2.81. The van der Waals surface area contributed by atoms with Gasteiger partial charge in [-0.1, -0.05) is 35.6 Å². The number of carboxylic acids is 1. The molecule has 1 aromatic rings. The molecule has 0 saturated carbocycles. The van der Waals surface area contributed by atoms with E-state index in [4.69, 9.17) is 38.4 Å². The average molecular weight is 416 g/mol. The van der Waals surface area contributed by atoms with Crippen molar-refractivity contribution in [1.29, 1.82) is 0 Å². The molecule has 0 radical (unpaired) electrons. The second-order valence-electron chi connectivity index (χ2n) is 5.68. The van der Waals surface area contributed by atoms with Gasteiger partial charge in [0.25, 0.3) is 5.91 Å². The number of thiocarbonyl (C=S) groups is 1. The Morgan fingerprint density at radius 2 is 2.15 bits per heavy atom. The fourth-order valence-corrected chi connectivity index (χ4v) is 3.80. The van der Waals surface area contributed by atoms with E-state index >= 15 is 0 Å². The van der Waals surface area contributed by atoms with Crippen LogP contribution in [0.1, 0.15) is 25.8 Å². The summed E-state index contributed by atoms with van der Waals surface area (Å²) in [6.07, 6.45) is 1.41.